The number of hydrogen-bond donors (Lipinski definition) is 0. The molecular formula is C16H13ClF3O. The highest BCUT2D eigenvalue weighted by Gasteiger charge is 2.33. The first-order valence-corrected chi connectivity index (χ1v) is 6.76. The summed E-state index contributed by atoms with van der Waals surface area (Å²) in [5.41, 5.74) is -0.538. The molecule has 0 saturated carbocycles. The van der Waals surface area contributed by atoms with Gasteiger partial charge in [0.2, 0.25) is 0 Å². The van der Waals surface area contributed by atoms with Crippen LogP contribution in [0.15, 0.2) is 42.5 Å². The average molecular weight is 314 g/mol. The standard InChI is InChI=1S/C16H13ClF3O/c1-2-3-11-4-7-14(10-15(11)16(18,19)20)21-13-8-5-12(17)6-9-13/h3-10H,2H2,1H3. The van der Waals surface area contributed by atoms with E-state index in [2.05, 4.69) is 0 Å². The predicted molar refractivity (Wildman–Crippen MR) is 76.7 cm³/mol. The Kier molecular flexibility index (Phi) is 4.78. The fraction of sp³-hybridized carbons (Fsp3) is 0.188. The molecule has 0 unspecified atom stereocenters. The van der Waals surface area contributed by atoms with E-state index >= 15 is 0 Å². The summed E-state index contributed by atoms with van der Waals surface area (Å²) in [6, 6.07) is 10.4. The Morgan fingerprint density at radius 3 is 2.24 bits per heavy atom. The second-order valence-corrected chi connectivity index (χ2v) is 4.85. The van der Waals surface area contributed by atoms with Crippen LogP contribution in [0.25, 0.3) is 0 Å². The minimum absolute atomic E-state index is 0.137. The molecule has 5 heteroatoms. The SMILES string of the molecule is CC[CH]c1ccc(Oc2ccc(Cl)cc2)cc1C(F)(F)F. The first-order valence-electron chi connectivity index (χ1n) is 6.38. The summed E-state index contributed by atoms with van der Waals surface area (Å²) in [4.78, 5) is 0. The summed E-state index contributed by atoms with van der Waals surface area (Å²) < 4.78 is 44.6. The van der Waals surface area contributed by atoms with Crippen molar-refractivity contribution in [3.8, 4) is 11.5 Å². The van der Waals surface area contributed by atoms with E-state index in [1.165, 1.54) is 18.6 Å². The lowest BCUT2D eigenvalue weighted by Gasteiger charge is -2.14. The van der Waals surface area contributed by atoms with E-state index in [0.717, 1.165) is 6.07 Å². The van der Waals surface area contributed by atoms with Crippen molar-refractivity contribution in [2.24, 2.45) is 0 Å². The first-order chi connectivity index (χ1) is 9.90. The molecule has 0 spiro atoms. The molecule has 0 bridgehead atoms. The van der Waals surface area contributed by atoms with E-state index in [1.807, 2.05) is 0 Å². The van der Waals surface area contributed by atoms with Crippen LogP contribution in [0.4, 0.5) is 13.2 Å². The highest BCUT2D eigenvalue weighted by molar-refractivity contribution is 6.30. The Hall–Kier alpha value is -1.68. The third kappa shape index (κ3) is 4.14. The van der Waals surface area contributed by atoms with Gasteiger partial charge in [-0.15, -0.1) is 0 Å². The highest BCUT2D eigenvalue weighted by atomic mass is 35.5. The van der Waals surface area contributed by atoms with Gasteiger partial charge in [0.15, 0.2) is 0 Å². The molecule has 0 aliphatic carbocycles. The molecule has 0 aliphatic rings. The summed E-state index contributed by atoms with van der Waals surface area (Å²) in [5, 5.41) is 0.534. The molecule has 0 aromatic heterocycles. The van der Waals surface area contributed by atoms with Crippen LogP contribution < -0.4 is 4.74 Å². The Morgan fingerprint density at radius 1 is 1.05 bits per heavy atom. The molecule has 0 heterocycles. The van der Waals surface area contributed by atoms with Crippen molar-refractivity contribution < 1.29 is 17.9 Å². The summed E-state index contributed by atoms with van der Waals surface area (Å²) in [6.45, 7) is 1.79. The van der Waals surface area contributed by atoms with Crippen molar-refractivity contribution in [2.75, 3.05) is 0 Å². The average Bonchev–Trinajstić information content (AvgIpc) is 2.42. The van der Waals surface area contributed by atoms with Gasteiger partial charge in [-0.3, -0.25) is 0 Å². The van der Waals surface area contributed by atoms with Crippen molar-refractivity contribution in [1.82, 2.24) is 0 Å². The zero-order chi connectivity index (χ0) is 15.5. The van der Waals surface area contributed by atoms with Gasteiger partial charge >= 0.3 is 6.18 Å². The molecule has 1 radical (unpaired) electrons. The van der Waals surface area contributed by atoms with Gasteiger partial charge in [0.05, 0.1) is 5.56 Å². The van der Waals surface area contributed by atoms with Gasteiger partial charge in [0.1, 0.15) is 11.5 Å². The van der Waals surface area contributed by atoms with Crippen LogP contribution >= 0.6 is 11.6 Å². The zero-order valence-electron chi connectivity index (χ0n) is 11.2. The summed E-state index contributed by atoms with van der Waals surface area (Å²) in [5.74, 6) is 0.567. The number of ether oxygens (including phenoxy) is 1. The third-order valence-electron chi connectivity index (χ3n) is 2.80. The molecule has 0 N–H and O–H groups in total. The largest absolute Gasteiger partial charge is 0.457 e. The quantitative estimate of drug-likeness (QED) is 0.661. The molecular weight excluding hydrogens is 301 g/mol. The minimum atomic E-state index is -4.42. The summed E-state index contributed by atoms with van der Waals surface area (Å²) in [6.07, 6.45) is -2.35. The maximum atomic E-state index is 13.1. The molecule has 2 aromatic carbocycles. The lowest BCUT2D eigenvalue weighted by atomic mass is 10.0. The van der Waals surface area contributed by atoms with E-state index < -0.39 is 11.7 Å². The van der Waals surface area contributed by atoms with Crippen LogP contribution in [0.3, 0.4) is 0 Å². The topological polar surface area (TPSA) is 9.23 Å². The van der Waals surface area contributed by atoms with Gasteiger partial charge < -0.3 is 4.74 Å². The van der Waals surface area contributed by atoms with Crippen LogP contribution in [-0.4, -0.2) is 0 Å². The maximum Gasteiger partial charge on any atom is 0.416 e. The van der Waals surface area contributed by atoms with Gasteiger partial charge in [-0.25, -0.2) is 0 Å². The van der Waals surface area contributed by atoms with Crippen molar-refractivity contribution in [3.05, 3.63) is 65.0 Å². The molecule has 0 fully saturated rings. The number of halogens is 4. The zero-order valence-corrected chi connectivity index (χ0v) is 12.0. The monoisotopic (exact) mass is 313 g/mol. The Labute approximate surface area is 126 Å². The summed E-state index contributed by atoms with van der Waals surface area (Å²) >= 11 is 5.75. The van der Waals surface area contributed by atoms with E-state index in [4.69, 9.17) is 16.3 Å². The highest BCUT2D eigenvalue weighted by Crippen LogP contribution is 2.36. The lowest BCUT2D eigenvalue weighted by molar-refractivity contribution is -0.138. The van der Waals surface area contributed by atoms with Gasteiger partial charge in [-0.05, 0) is 54.8 Å². The van der Waals surface area contributed by atoms with Crippen LogP contribution in [0.2, 0.25) is 5.02 Å². The van der Waals surface area contributed by atoms with Crippen molar-refractivity contribution in [2.45, 2.75) is 19.5 Å². The summed E-state index contributed by atoms with van der Waals surface area (Å²) in [7, 11) is 0. The third-order valence-corrected chi connectivity index (χ3v) is 3.06. The Morgan fingerprint density at radius 2 is 1.67 bits per heavy atom. The van der Waals surface area contributed by atoms with Crippen LogP contribution in [-0.2, 0) is 6.18 Å². The van der Waals surface area contributed by atoms with Gasteiger partial charge in [0.25, 0.3) is 0 Å². The van der Waals surface area contributed by atoms with E-state index in [0.29, 0.717) is 17.2 Å². The molecule has 0 saturated heterocycles. The fourth-order valence-electron chi connectivity index (χ4n) is 1.88. The minimum Gasteiger partial charge on any atom is -0.457 e. The number of benzene rings is 2. The molecule has 21 heavy (non-hydrogen) atoms. The molecule has 111 valence electrons. The molecule has 0 amide bonds. The van der Waals surface area contributed by atoms with E-state index in [1.54, 1.807) is 31.2 Å². The van der Waals surface area contributed by atoms with Crippen LogP contribution in [0.5, 0.6) is 11.5 Å². The van der Waals surface area contributed by atoms with Crippen molar-refractivity contribution in [1.29, 1.82) is 0 Å². The van der Waals surface area contributed by atoms with Gasteiger partial charge in [-0.1, -0.05) is 24.6 Å². The molecule has 2 rings (SSSR count). The number of hydrogen-bond acceptors (Lipinski definition) is 1. The van der Waals surface area contributed by atoms with Gasteiger partial charge in [0, 0.05) is 5.02 Å². The molecule has 2 aromatic rings. The van der Waals surface area contributed by atoms with Crippen molar-refractivity contribution in [3.63, 3.8) is 0 Å². The number of alkyl halides is 3. The van der Waals surface area contributed by atoms with Gasteiger partial charge in [-0.2, -0.15) is 13.2 Å². The molecule has 0 atom stereocenters. The second kappa shape index (κ2) is 6.39. The predicted octanol–water partition coefficient (Wildman–Crippen LogP) is 6.11. The van der Waals surface area contributed by atoms with E-state index in [9.17, 15) is 13.2 Å². The molecule has 0 aliphatic heterocycles. The Bertz CT molecular complexity index is 606. The van der Waals surface area contributed by atoms with Crippen molar-refractivity contribution >= 4 is 11.6 Å². The van der Waals surface area contributed by atoms with Crippen LogP contribution in [0, 0.1) is 6.42 Å². The van der Waals surface area contributed by atoms with E-state index in [-0.39, 0.29) is 11.3 Å². The Balaban J connectivity index is 2.31. The fourth-order valence-corrected chi connectivity index (χ4v) is 2.01. The first kappa shape index (κ1) is 15.7. The molecule has 1 nitrogen and oxygen atoms in total. The lowest BCUT2D eigenvalue weighted by Crippen LogP contribution is -2.08. The second-order valence-electron chi connectivity index (χ2n) is 4.42. The maximum absolute atomic E-state index is 13.1. The number of rotatable bonds is 4. The normalized spacial score (nSPS) is 11.5. The smallest absolute Gasteiger partial charge is 0.416 e. The van der Waals surface area contributed by atoms with Crippen LogP contribution in [0.1, 0.15) is 24.5 Å².